The number of hydrogen-bond donors (Lipinski definition) is 1. The number of aromatic nitrogens is 2. The number of nitrogens with zero attached hydrogens (tertiary/aromatic N) is 2. The number of carboxylic acid groups (broad SMARTS) is 1. The predicted molar refractivity (Wildman–Crippen MR) is 75.3 cm³/mol. The molecule has 0 fully saturated rings. The molecule has 2 aromatic rings. The zero-order valence-corrected chi connectivity index (χ0v) is 12.0. The molecule has 0 aliphatic rings. The van der Waals surface area contributed by atoms with Gasteiger partial charge in [-0.3, -0.25) is 9.36 Å². The molecule has 0 unspecified atom stereocenters. The van der Waals surface area contributed by atoms with E-state index in [1.165, 1.54) is 16.7 Å². The average molecular weight is 290 g/mol. The van der Waals surface area contributed by atoms with Crippen LogP contribution in [0.5, 0.6) is 0 Å². The molecule has 0 saturated carbocycles. The molecular formula is C15H15FN2O3. The number of carbonyl (C=O) groups is 1. The van der Waals surface area contributed by atoms with Crippen molar-refractivity contribution >= 4 is 5.97 Å². The molecule has 6 heteroatoms. The Balaban J connectivity index is 2.77. The highest BCUT2D eigenvalue weighted by atomic mass is 19.1. The molecule has 1 aromatic heterocycles. The van der Waals surface area contributed by atoms with Gasteiger partial charge >= 0.3 is 11.7 Å². The molecule has 0 aliphatic carbocycles. The molecule has 1 heterocycles. The van der Waals surface area contributed by atoms with Crippen molar-refractivity contribution in [1.82, 2.24) is 9.55 Å². The summed E-state index contributed by atoms with van der Waals surface area (Å²) in [6.45, 7) is 4.98. The van der Waals surface area contributed by atoms with Crippen LogP contribution >= 0.6 is 0 Å². The maximum absolute atomic E-state index is 13.5. The van der Waals surface area contributed by atoms with Crippen molar-refractivity contribution in [3.05, 3.63) is 57.0 Å². The van der Waals surface area contributed by atoms with Gasteiger partial charge < -0.3 is 5.11 Å². The third kappa shape index (κ3) is 2.84. The molecular weight excluding hydrogens is 275 g/mol. The molecule has 0 spiro atoms. The van der Waals surface area contributed by atoms with Crippen molar-refractivity contribution < 1.29 is 14.3 Å². The number of aryl methyl sites for hydroxylation is 2. The molecule has 0 saturated heterocycles. The molecule has 0 aliphatic heterocycles. The van der Waals surface area contributed by atoms with E-state index in [2.05, 4.69) is 4.98 Å². The lowest BCUT2D eigenvalue weighted by atomic mass is 10.1. The second kappa shape index (κ2) is 5.47. The summed E-state index contributed by atoms with van der Waals surface area (Å²) < 4.78 is 14.7. The van der Waals surface area contributed by atoms with Crippen molar-refractivity contribution in [1.29, 1.82) is 0 Å². The predicted octanol–water partition coefficient (Wildman–Crippen LogP) is 1.92. The molecule has 0 bridgehead atoms. The number of benzene rings is 1. The molecule has 21 heavy (non-hydrogen) atoms. The molecule has 2 rings (SSSR count). The van der Waals surface area contributed by atoms with E-state index in [0.717, 1.165) is 0 Å². The Kier molecular flexibility index (Phi) is 3.88. The van der Waals surface area contributed by atoms with E-state index < -0.39 is 17.5 Å². The van der Waals surface area contributed by atoms with Gasteiger partial charge in [-0.05, 0) is 38.5 Å². The lowest BCUT2D eigenvalue weighted by Gasteiger charge is -2.16. The highest BCUT2D eigenvalue weighted by Gasteiger charge is 2.16. The third-order valence-corrected chi connectivity index (χ3v) is 3.40. The molecule has 1 aromatic carbocycles. The van der Waals surface area contributed by atoms with E-state index in [1.54, 1.807) is 26.8 Å². The summed E-state index contributed by atoms with van der Waals surface area (Å²) in [5, 5.41) is 8.97. The second-order valence-corrected chi connectivity index (χ2v) is 4.88. The van der Waals surface area contributed by atoms with Gasteiger partial charge in [0.05, 0.1) is 12.1 Å². The lowest BCUT2D eigenvalue weighted by Crippen LogP contribution is -2.27. The van der Waals surface area contributed by atoms with Gasteiger partial charge in [0.1, 0.15) is 5.82 Å². The van der Waals surface area contributed by atoms with E-state index in [-0.39, 0.29) is 6.42 Å². The molecule has 0 atom stereocenters. The van der Waals surface area contributed by atoms with E-state index in [1.807, 2.05) is 0 Å². The van der Waals surface area contributed by atoms with E-state index in [0.29, 0.717) is 28.2 Å². The number of aliphatic carboxylic acids is 1. The van der Waals surface area contributed by atoms with Gasteiger partial charge in [-0.2, -0.15) is 4.98 Å². The van der Waals surface area contributed by atoms with Crippen molar-refractivity contribution in [2.75, 3.05) is 0 Å². The van der Waals surface area contributed by atoms with Crippen LogP contribution in [0.15, 0.2) is 23.0 Å². The minimum absolute atomic E-state index is 0.237. The fourth-order valence-electron chi connectivity index (χ4n) is 2.32. The van der Waals surface area contributed by atoms with Crippen molar-refractivity contribution in [3.8, 4) is 5.69 Å². The topological polar surface area (TPSA) is 72.2 Å². The van der Waals surface area contributed by atoms with E-state index in [9.17, 15) is 14.0 Å². The Bertz CT molecular complexity index is 781. The summed E-state index contributed by atoms with van der Waals surface area (Å²) in [6, 6.07) is 4.11. The van der Waals surface area contributed by atoms with Crippen molar-refractivity contribution in [3.63, 3.8) is 0 Å². The first-order chi connectivity index (χ1) is 9.81. The Morgan fingerprint density at radius 2 is 2.00 bits per heavy atom. The lowest BCUT2D eigenvalue weighted by molar-refractivity contribution is -0.136. The molecule has 0 amide bonds. The van der Waals surface area contributed by atoms with Gasteiger partial charge in [0, 0.05) is 17.0 Å². The second-order valence-electron chi connectivity index (χ2n) is 4.88. The van der Waals surface area contributed by atoms with Gasteiger partial charge in [-0.1, -0.05) is 6.07 Å². The number of carboxylic acids is 1. The summed E-state index contributed by atoms with van der Waals surface area (Å²) in [5.41, 5.74) is 1.83. The Morgan fingerprint density at radius 3 is 2.62 bits per heavy atom. The van der Waals surface area contributed by atoms with Crippen LogP contribution in [0, 0.1) is 26.6 Å². The normalized spacial score (nSPS) is 10.7. The quantitative estimate of drug-likeness (QED) is 0.937. The molecule has 110 valence electrons. The van der Waals surface area contributed by atoms with Crippen LogP contribution in [-0.2, 0) is 11.2 Å². The maximum Gasteiger partial charge on any atom is 0.352 e. The summed E-state index contributed by atoms with van der Waals surface area (Å²) >= 11 is 0. The first-order valence-electron chi connectivity index (χ1n) is 6.38. The van der Waals surface area contributed by atoms with Gasteiger partial charge in [0.15, 0.2) is 0 Å². The summed E-state index contributed by atoms with van der Waals surface area (Å²) in [5.74, 6) is -1.48. The number of rotatable bonds is 3. The monoisotopic (exact) mass is 290 g/mol. The smallest absolute Gasteiger partial charge is 0.352 e. The molecule has 0 radical (unpaired) electrons. The van der Waals surface area contributed by atoms with Crippen LogP contribution in [0.25, 0.3) is 5.69 Å². The number of halogens is 1. The van der Waals surface area contributed by atoms with Crippen molar-refractivity contribution in [2.24, 2.45) is 0 Å². The minimum atomic E-state index is -1.01. The van der Waals surface area contributed by atoms with E-state index in [4.69, 9.17) is 5.11 Å². The minimum Gasteiger partial charge on any atom is -0.481 e. The van der Waals surface area contributed by atoms with Crippen LogP contribution in [0.3, 0.4) is 0 Å². The SMILES string of the molecule is Cc1ccc(F)cc1-n1c(C)c(CC(=O)O)c(C)nc1=O. The standard InChI is InChI=1S/C15H15FN2O3/c1-8-4-5-11(16)6-13(8)18-10(3)12(7-14(19)20)9(2)17-15(18)21/h4-6H,7H2,1-3H3,(H,19,20). The fourth-order valence-corrected chi connectivity index (χ4v) is 2.32. The van der Waals surface area contributed by atoms with Crippen LogP contribution < -0.4 is 5.69 Å². The number of hydrogen-bond acceptors (Lipinski definition) is 3. The average Bonchev–Trinajstić information content (AvgIpc) is 2.38. The van der Waals surface area contributed by atoms with Crippen LogP contribution in [0.1, 0.15) is 22.5 Å². The molecule has 1 N–H and O–H groups in total. The first kappa shape index (κ1) is 14.9. The maximum atomic E-state index is 13.5. The van der Waals surface area contributed by atoms with Crippen molar-refractivity contribution in [2.45, 2.75) is 27.2 Å². The molecule has 5 nitrogen and oxygen atoms in total. The zero-order chi connectivity index (χ0) is 15.7. The Morgan fingerprint density at radius 1 is 1.33 bits per heavy atom. The highest BCUT2D eigenvalue weighted by molar-refractivity contribution is 5.71. The van der Waals surface area contributed by atoms with Crippen LogP contribution in [0.2, 0.25) is 0 Å². The van der Waals surface area contributed by atoms with Gasteiger partial charge in [-0.25, -0.2) is 9.18 Å². The van der Waals surface area contributed by atoms with Gasteiger partial charge in [0.2, 0.25) is 0 Å². The summed E-state index contributed by atoms with van der Waals surface area (Å²) in [7, 11) is 0. The Labute approximate surface area is 120 Å². The van der Waals surface area contributed by atoms with Gasteiger partial charge in [-0.15, -0.1) is 0 Å². The van der Waals surface area contributed by atoms with Crippen LogP contribution in [-0.4, -0.2) is 20.6 Å². The fraction of sp³-hybridized carbons (Fsp3) is 0.267. The first-order valence-corrected chi connectivity index (χ1v) is 6.38. The summed E-state index contributed by atoms with van der Waals surface area (Å²) in [4.78, 5) is 27.0. The third-order valence-electron chi connectivity index (χ3n) is 3.40. The largest absolute Gasteiger partial charge is 0.481 e. The highest BCUT2D eigenvalue weighted by Crippen LogP contribution is 2.19. The zero-order valence-electron chi connectivity index (χ0n) is 12.0. The van der Waals surface area contributed by atoms with Gasteiger partial charge in [0.25, 0.3) is 0 Å². The van der Waals surface area contributed by atoms with E-state index >= 15 is 0 Å². The Hall–Kier alpha value is -2.50. The van der Waals surface area contributed by atoms with Crippen LogP contribution in [0.4, 0.5) is 4.39 Å². The summed E-state index contributed by atoms with van der Waals surface area (Å²) in [6.07, 6.45) is -0.237.